The molecule has 2 aromatic carbocycles. The zero-order chi connectivity index (χ0) is 18.8. The van der Waals surface area contributed by atoms with Crippen molar-refractivity contribution in [3.8, 4) is 23.7 Å². The number of hydrogen-bond acceptors (Lipinski definition) is 4. The third-order valence-electron chi connectivity index (χ3n) is 3.36. The highest BCUT2D eigenvalue weighted by Gasteiger charge is 2.19. The summed E-state index contributed by atoms with van der Waals surface area (Å²) in [6.07, 6.45) is 0. The summed E-state index contributed by atoms with van der Waals surface area (Å²) in [6.45, 7) is -0.137. The molecule has 0 fully saturated rings. The van der Waals surface area contributed by atoms with Crippen molar-refractivity contribution in [2.75, 3.05) is 6.54 Å². The van der Waals surface area contributed by atoms with E-state index in [0.717, 1.165) is 5.56 Å². The Labute approximate surface area is 151 Å². The van der Waals surface area contributed by atoms with Crippen LogP contribution in [-0.4, -0.2) is 29.6 Å². The van der Waals surface area contributed by atoms with Gasteiger partial charge in [0, 0.05) is 23.2 Å². The number of benzene rings is 2. The summed E-state index contributed by atoms with van der Waals surface area (Å²) < 4.78 is 0. The van der Waals surface area contributed by atoms with Gasteiger partial charge in [0.25, 0.3) is 11.8 Å². The van der Waals surface area contributed by atoms with E-state index in [1.165, 1.54) is 5.48 Å². The Balaban J connectivity index is 2.00. The molecule has 2 amide bonds. The van der Waals surface area contributed by atoms with Crippen molar-refractivity contribution in [3.63, 3.8) is 0 Å². The minimum atomic E-state index is -1.01. The summed E-state index contributed by atoms with van der Waals surface area (Å²) in [4.78, 5) is 23.4. The second-order valence-electron chi connectivity index (χ2n) is 5.18. The highest BCUT2D eigenvalue weighted by Crippen LogP contribution is 2.04. The molecule has 0 unspecified atom stereocenters. The quantitative estimate of drug-likeness (QED) is 0.370. The molecule has 0 saturated carbocycles. The third kappa shape index (κ3) is 5.50. The zero-order valence-electron chi connectivity index (χ0n) is 13.8. The van der Waals surface area contributed by atoms with Crippen LogP contribution in [0.4, 0.5) is 0 Å². The normalized spacial score (nSPS) is 10.4. The van der Waals surface area contributed by atoms with E-state index in [9.17, 15) is 9.59 Å². The molecule has 0 heterocycles. The number of carbonyl (C=O) groups excluding carboxylic acids is 2. The van der Waals surface area contributed by atoms with Gasteiger partial charge in [-0.1, -0.05) is 30.0 Å². The molecular weight excluding hydrogens is 330 g/mol. The number of rotatable bonds is 4. The highest BCUT2D eigenvalue weighted by molar-refractivity contribution is 5.97. The van der Waals surface area contributed by atoms with Crippen LogP contribution in [0, 0.1) is 23.7 Å². The number of hydroxylamine groups is 1. The molecule has 6 heteroatoms. The standard InChI is InChI=1S/C20H17N3O3/c21-14-18(20(25)23-26)22-19(24)17-12-10-16(11-13-17)9-5-4-8-15-6-2-1-3-7-15/h1-3,6-7,10-13,18,26H,14,21H2,(H,22,24)(H,23,25)/t18-/m0/s1. The Morgan fingerprint density at radius 1 is 0.962 bits per heavy atom. The third-order valence-corrected chi connectivity index (χ3v) is 3.36. The van der Waals surface area contributed by atoms with E-state index in [2.05, 4.69) is 29.0 Å². The molecule has 0 bridgehead atoms. The first-order valence-electron chi connectivity index (χ1n) is 7.76. The number of nitrogens with one attached hydrogen (secondary N) is 2. The minimum absolute atomic E-state index is 0.137. The fourth-order valence-electron chi connectivity index (χ4n) is 1.98. The predicted octanol–water partition coefficient (Wildman–Crippen LogP) is 0.652. The lowest BCUT2D eigenvalue weighted by atomic mass is 10.1. The SMILES string of the molecule is NC[C@H](NC(=O)c1ccc(C#CC#Cc2ccccc2)cc1)C(=O)NO. The first-order chi connectivity index (χ1) is 12.6. The van der Waals surface area contributed by atoms with E-state index in [1.807, 2.05) is 30.3 Å². The molecule has 0 aliphatic carbocycles. The smallest absolute Gasteiger partial charge is 0.267 e. The lowest BCUT2D eigenvalue weighted by molar-refractivity contribution is -0.130. The highest BCUT2D eigenvalue weighted by atomic mass is 16.5. The molecule has 130 valence electrons. The molecule has 1 atom stereocenters. The van der Waals surface area contributed by atoms with Gasteiger partial charge >= 0.3 is 0 Å². The number of nitrogens with two attached hydrogens (primary N) is 1. The van der Waals surface area contributed by atoms with Crippen molar-refractivity contribution in [2.24, 2.45) is 5.73 Å². The van der Waals surface area contributed by atoms with Crippen molar-refractivity contribution >= 4 is 11.8 Å². The topological polar surface area (TPSA) is 104 Å². The predicted molar refractivity (Wildman–Crippen MR) is 96.9 cm³/mol. The lowest BCUT2D eigenvalue weighted by Gasteiger charge is -2.14. The van der Waals surface area contributed by atoms with Gasteiger partial charge in [0.1, 0.15) is 6.04 Å². The zero-order valence-corrected chi connectivity index (χ0v) is 13.8. The molecule has 0 radical (unpaired) electrons. The summed E-state index contributed by atoms with van der Waals surface area (Å²) in [5.41, 5.74) is 8.78. The van der Waals surface area contributed by atoms with Crippen LogP contribution in [0.5, 0.6) is 0 Å². The summed E-state index contributed by atoms with van der Waals surface area (Å²) >= 11 is 0. The van der Waals surface area contributed by atoms with E-state index >= 15 is 0 Å². The first kappa shape index (κ1) is 18.8. The molecule has 6 nitrogen and oxygen atoms in total. The van der Waals surface area contributed by atoms with Crippen LogP contribution >= 0.6 is 0 Å². The molecule has 0 aromatic heterocycles. The number of carbonyl (C=O) groups is 2. The molecule has 2 aromatic rings. The van der Waals surface area contributed by atoms with E-state index in [0.29, 0.717) is 11.1 Å². The van der Waals surface area contributed by atoms with E-state index in [1.54, 1.807) is 24.3 Å². The van der Waals surface area contributed by atoms with Gasteiger partial charge in [0.15, 0.2) is 0 Å². The average Bonchev–Trinajstić information content (AvgIpc) is 2.70. The second kappa shape index (κ2) is 9.65. The van der Waals surface area contributed by atoms with E-state index < -0.39 is 17.9 Å². The van der Waals surface area contributed by atoms with Crippen molar-refractivity contribution in [3.05, 3.63) is 71.3 Å². The Bertz CT molecular complexity index is 885. The Kier molecular flexibility index (Phi) is 6.96. The van der Waals surface area contributed by atoms with Crippen LogP contribution in [0.25, 0.3) is 0 Å². The van der Waals surface area contributed by atoms with Crippen molar-refractivity contribution in [1.29, 1.82) is 0 Å². The van der Waals surface area contributed by atoms with Gasteiger partial charge in [-0.15, -0.1) is 0 Å². The summed E-state index contributed by atoms with van der Waals surface area (Å²) in [7, 11) is 0. The van der Waals surface area contributed by atoms with Gasteiger partial charge in [-0.05, 0) is 48.2 Å². The maximum Gasteiger partial charge on any atom is 0.267 e. The number of amides is 2. The molecule has 0 saturated heterocycles. The molecule has 0 aliphatic heterocycles. The van der Waals surface area contributed by atoms with Crippen molar-refractivity contribution in [1.82, 2.24) is 10.8 Å². The molecular formula is C20H17N3O3. The van der Waals surface area contributed by atoms with Gasteiger partial charge < -0.3 is 11.1 Å². The van der Waals surface area contributed by atoms with E-state index in [-0.39, 0.29) is 6.54 Å². The fourth-order valence-corrected chi connectivity index (χ4v) is 1.98. The van der Waals surface area contributed by atoms with Crippen molar-refractivity contribution < 1.29 is 14.8 Å². The number of hydrogen-bond donors (Lipinski definition) is 4. The Morgan fingerprint density at radius 2 is 1.54 bits per heavy atom. The molecule has 0 aliphatic rings. The maximum atomic E-state index is 12.1. The van der Waals surface area contributed by atoms with Gasteiger partial charge in [-0.3, -0.25) is 14.8 Å². The molecule has 0 spiro atoms. The van der Waals surface area contributed by atoms with Crippen LogP contribution < -0.4 is 16.5 Å². The average molecular weight is 347 g/mol. The second-order valence-corrected chi connectivity index (χ2v) is 5.18. The van der Waals surface area contributed by atoms with Crippen LogP contribution in [0.3, 0.4) is 0 Å². The van der Waals surface area contributed by atoms with Gasteiger partial charge in [0.2, 0.25) is 0 Å². The van der Waals surface area contributed by atoms with Crippen LogP contribution in [0.15, 0.2) is 54.6 Å². The van der Waals surface area contributed by atoms with Gasteiger partial charge in [-0.2, -0.15) is 0 Å². The van der Waals surface area contributed by atoms with Crippen LogP contribution in [-0.2, 0) is 4.79 Å². The maximum absolute atomic E-state index is 12.1. The summed E-state index contributed by atoms with van der Waals surface area (Å²) in [6, 6.07) is 15.0. The lowest BCUT2D eigenvalue weighted by Crippen LogP contribution is -2.50. The molecule has 26 heavy (non-hydrogen) atoms. The molecule has 5 N–H and O–H groups in total. The Morgan fingerprint density at radius 3 is 2.08 bits per heavy atom. The first-order valence-corrected chi connectivity index (χ1v) is 7.76. The van der Waals surface area contributed by atoms with Gasteiger partial charge in [0.05, 0.1) is 0 Å². The van der Waals surface area contributed by atoms with Gasteiger partial charge in [-0.25, -0.2) is 5.48 Å². The van der Waals surface area contributed by atoms with Crippen molar-refractivity contribution in [2.45, 2.75) is 6.04 Å². The summed E-state index contributed by atoms with van der Waals surface area (Å²) in [5, 5.41) is 11.0. The van der Waals surface area contributed by atoms with Crippen LogP contribution in [0.2, 0.25) is 0 Å². The largest absolute Gasteiger partial charge is 0.339 e. The molecule has 2 rings (SSSR count). The van der Waals surface area contributed by atoms with Crippen LogP contribution in [0.1, 0.15) is 21.5 Å². The summed E-state index contributed by atoms with van der Waals surface area (Å²) in [5.74, 6) is 10.1. The Hall–Kier alpha value is -3.58. The minimum Gasteiger partial charge on any atom is -0.339 e. The monoisotopic (exact) mass is 347 g/mol. The van der Waals surface area contributed by atoms with E-state index in [4.69, 9.17) is 10.9 Å². The fraction of sp³-hybridized carbons (Fsp3) is 0.100.